The minimum Gasteiger partial charge on any atom is -0.492 e. The summed E-state index contributed by atoms with van der Waals surface area (Å²) in [5.74, 6) is 0.571. The van der Waals surface area contributed by atoms with Gasteiger partial charge in [-0.05, 0) is 13.0 Å². The second-order valence-corrected chi connectivity index (χ2v) is 3.68. The lowest BCUT2D eigenvalue weighted by Crippen LogP contribution is -1.96. The number of ether oxygens (including phenoxy) is 1. The molecule has 0 fully saturated rings. The van der Waals surface area contributed by atoms with Gasteiger partial charge >= 0.3 is 5.69 Å². The second-order valence-electron chi connectivity index (χ2n) is 3.30. The maximum Gasteiger partial charge on any atom is 0.306 e. The highest BCUT2D eigenvalue weighted by atomic mass is 35.5. The van der Waals surface area contributed by atoms with Crippen molar-refractivity contribution in [3.8, 4) is 5.75 Å². The van der Waals surface area contributed by atoms with Crippen LogP contribution >= 0.6 is 11.6 Å². The predicted octanol–water partition coefficient (Wildman–Crippen LogP) is 3.20. The van der Waals surface area contributed by atoms with E-state index in [0.717, 1.165) is 6.20 Å². The molecule has 0 amide bonds. The number of benzene rings is 1. The number of aromatic nitrogens is 1. The third kappa shape index (κ3) is 2.01. The molecule has 2 rings (SSSR count). The molecule has 0 aliphatic carbocycles. The van der Waals surface area contributed by atoms with Crippen molar-refractivity contribution in [1.82, 2.24) is 4.98 Å². The average Bonchev–Trinajstić information content (AvgIpc) is 2.30. The summed E-state index contributed by atoms with van der Waals surface area (Å²) in [4.78, 5) is 14.2. The summed E-state index contributed by atoms with van der Waals surface area (Å²) in [7, 11) is 0. The Balaban J connectivity index is 2.71. The van der Waals surface area contributed by atoms with E-state index in [2.05, 4.69) is 4.98 Å². The monoisotopic (exact) mass is 252 g/mol. The highest BCUT2D eigenvalue weighted by Crippen LogP contribution is 2.34. The van der Waals surface area contributed by atoms with Gasteiger partial charge in [-0.15, -0.1) is 0 Å². The molecule has 0 bridgehead atoms. The highest BCUT2D eigenvalue weighted by Gasteiger charge is 2.17. The Morgan fingerprint density at radius 2 is 2.29 bits per heavy atom. The van der Waals surface area contributed by atoms with Crippen LogP contribution in [0.3, 0.4) is 0 Å². The molecule has 0 N–H and O–H groups in total. The van der Waals surface area contributed by atoms with Crippen molar-refractivity contribution >= 4 is 28.2 Å². The van der Waals surface area contributed by atoms with E-state index < -0.39 is 4.92 Å². The smallest absolute Gasteiger partial charge is 0.306 e. The summed E-state index contributed by atoms with van der Waals surface area (Å²) >= 11 is 5.97. The Morgan fingerprint density at radius 1 is 1.53 bits per heavy atom. The molecule has 0 spiro atoms. The van der Waals surface area contributed by atoms with Gasteiger partial charge in [-0.1, -0.05) is 23.7 Å². The molecule has 2 aromatic rings. The molecule has 88 valence electrons. The third-order valence-corrected chi connectivity index (χ3v) is 2.67. The molecule has 0 aliphatic heterocycles. The first-order chi connectivity index (χ1) is 8.15. The lowest BCUT2D eigenvalue weighted by molar-refractivity contribution is -0.384. The molecule has 6 heteroatoms. The molecule has 17 heavy (non-hydrogen) atoms. The van der Waals surface area contributed by atoms with Gasteiger partial charge in [0, 0.05) is 5.39 Å². The second kappa shape index (κ2) is 4.55. The van der Waals surface area contributed by atoms with Crippen LogP contribution in [0.5, 0.6) is 5.75 Å². The topological polar surface area (TPSA) is 65.3 Å². The van der Waals surface area contributed by atoms with Crippen molar-refractivity contribution < 1.29 is 9.66 Å². The fourth-order valence-corrected chi connectivity index (χ4v) is 1.82. The van der Waals surface area contributed by atoms with Crippen molar-refractivity contribution in [3.63, 3.8) is 0 Å². The molecule has 0 aliphatic rings. The van der Waals surface area contributed by atoms with Crippen LogP contribution < -0.4 is 4.74 Å². The largest absolute Gasteiger partial charge is 0.492 e. The lowest BCUT2D eigenvalue weighted by atomic mass is 10.2. The fraction of sp³-hybridized carbons (Fsp3) is 0.182. The van der Waals surface area contributed by atoms with Crippen LogP contribution in [0, 0.1) is 10.1 Å². The van der Waals surface area contributed by atoms with Crippen LogP contribution in [-0.2, 0) is 0 Å². The summed E-state index contributed by atoms with van der Waals surface area (Å²) in [6, 6.07) is 5.16. The van der Waals surface area contributed by atoms with E-state index in [9.17, 15) is 10.1 Å². The number of para-hydroxylation sites is 1. The minimum absolute atomic E-state index is 0.0848. The van der Waals surface area contributed by atoms with Crippen LogP contribution in [0.4, 0.5) is 5.69 Å². The molecular weight excluding hydrogens is 244 g/mol. The molecule has 1 aromatic carbocycles. The number of hydrogen-bond acceptors (Lipinski definition) is 4. The summed E-state index contributed by atoms with van der Waals surface area (Å²) in [5.41, 5.74) is 0.331. The van der Waals surface area contributed by atoms with Crippen molar-refractivity contribution in [3.05, 3.63) is 39.5 Å². The van der Waals surface area contributed by atoms with Gasteiger partial charge in [0.2, 0.25) is 0 Å². The SMILES string of the molecule is CCOc1cccc2c(Cl)c([N+](=O)[O-])cnc12. The first kappa shape index (κ1) is 11.6. The molecule has 0 atom stereocenters. The molecule has 0 saturated carbocycles. The van der Waals surface area contributed by atoms with E-state index in [1.807, 2.05) is 6.92 Å². The van der Waals surface area contributed by atoms with Crippen LogP contribution in [-0.4, -0.2) is 16.5 Å². The van der Waals surface area contributed by atoms with E-state index in [0.29, 0.717) is 23.3 Å². The number of hydrogen-bond donors (Lipinski definition) is 0. The minimum atomic E-state index is -0.553. The van der Waals surface area contributed by atoms with Gasteiger partial charge in [0.1, 0.15) is 22.5 Å². The number of fused-ring (bicyclic) bond motifs is 1. The predicted molar refractivity (Wildman–Crippen MR) is 64.6 cm³/mol. The molecule has 0 saturated heterocycles. The summed E-state index contributed by atoms with van der Waals surface area (Å²) in [5, 5.41) is 11.3. The number of halogens is 1. The first-order valence-corrected chi connectivity index (χ1v) is 5.37. The van der Waals surface area contributed by atoms with Gasteiger partial charge < -0.3 is 4.74 Å². The Labute approximate surface area is 102 Å². The van der Waals surface area contributed by atoms with Crippen LogP contribution in [0.25, 0.3) is 10.9 Å². The molecule has 0 unspecified atom stereocenters. The van der Waals surface area contributed by atoms with Crippen molar-refractivity contribution in [2.45, 2.75) is 6.92 Å². The zero-order chi connectivity index (χ0) is 12.4. The number of pyridine rings is 1. The number of rotatable bonds is 3. The summed E-state index contributed by atoms with van der Waals surface area (Å²) < 4.78 is 5.38. The van der Waals surface area contributed by atoms with Gasteiger partial charge in [0.05, 0.1) is 11.5 Å². The van der Waals surface area contributed by atoms with Crippen LogP contribution in [0.2, 0.25) is 5.02 Å². The van der Waals surface area contributed by atoms with E-state index in [-0.39, 0.29) is 10.7 Å². The van der Waals surface area contributed by atoms with E-state index in [1.54, 1.807) is 18.2 Å². The molecule has 1 heterocycles. The molecular formula is C11H9ClN2O3. The van der Waals surface area contributed by atoms with Crippen molar-refractivity contribution in [1.29, 1.82) is 0 Å². The van der Waals surface area contributed by atoms with Gasteiger partial charge in [-0.3, -0.25) is 10.1 Å². The Bertz CT molecular complexity index is 586. The van der Waals surface area contributed by atoms with Gasteiger partial charge in [-0.2, -0.15) is 0 Å². The van der Waals surface area contributed by atoms with Crippen LogP contribution in [0.1, 0.15) is 6.92 Å². The van der Waals surface area contributed by atoms with Gasteiger partial charge in [0.25, 0.3) is 0 Å². The molecule has 1 aromatic heterocycles. The van der Waals surface area contributed by atoms with E-state index in [4.69, 9.17) is 16.3 Å². The maximum atomic E-state index is 10.7. The zero-order valence-electron chi connectivity index (χ0n) is 9.01. The summed E-state index contributed by atoms with van der Waals surface area (Å²) in [6.45, 7) is 2.35. The molecule has 0 radical (unpaired) electrons. The van der Waals surface area contributed by atoms with Crippen molar-refractivity contribution in [2.24, 2.45) is 0 Å². The third-order valence-electron chi connectivity index (χ3n) is 2.27. The Morgan fingerprint density at radius 3 is 2.94 bits per heavy atom. The number of nitrogens with zero attached hydrogens (tertiary/aromatic N) is 2. The highest BCUT2D eigenvalue weighted by molar-refractivity contribution is 6.37. The van der Waals surface area contributed by atoms with E-state index in [1.165, 1.54) is 0 Å². The van der Waals surface area contributed by atoms with E-state index >= 15 is 0 Å². The standard InChI is InChI=1S/C11H9ClN2O3/c1-2-17-9-5-3-4-7-10(12)8(14(15)16)6-13-11(7)9/h3-6H,2H2,1H3. The quantitative estimate of drug-likeness (QED) is 0.621. The van der Waals surface area contributed by atoms with Crippen LogP contribution in [0.15, 0.2) is 24.4 Å². The zero-order valence-corrected chi connectivity index (χ0v) is 9.77. The summed E-state index contributed by atoms with van der Waals surface area (Å²) in [6.07, 6.45) is 1.15. The fourth-order valence-electron chi connectivity index (χ4n) is 1.55. The average molecular weight is 253 g/mol. The molecule has 5 nitrogen and oxygen atoms in total. The van der Waals surface area contributed by atoms with Gasteiger partial charge in [-0.25, -0.2) is 4.98 Å². The number of nitro groups is 1. The normalized spacial score (nSPS) is 10.5. The lowest BCUT2D eigenvalue weighted by Gasteiger charge is -2.07. The Kier molecular flexibility index (Phi) is 3.10. The maximum absolute atomic E-state index is 10.7. The van der Waals surface area contributed by atoms with Crippen molar-refractivity contribution in [2.75, 3.05) is 6.61 Å². The van der Waals surface area contributed by atoms with Gasteiger partial charge in [0.15, 0.2) is 0 Å². The first-order valence-electron chi connectivity index (χ1n) is 4.99. The Hall–Kier alpha value is -1.88.